The van der Waals surface area contributed by atoms with Crippen LogP contribution in [0.1, 0.15) is 20.3 Å². The lowest BCUT2D eigenvalue weighted by molar-refractivity contribution is 0.343. The summed E-state index contributed by atoms with van der Waals surface area (Å²) in [6, 6.07) is 0. The Kier molecular flexibility index (Phi) is 8.87. The number of nitrogens with zero attached hydrogens (tertiary/aromatic N) is 1. The number of hydrogen-bond donors (Lipinski definition) is 1. The molecule has 0 saturated heterocycles. The maximum atomic E-state index is 12.0. The zero-order valence-electron chi connectivity index (χ0n) is 8.73. The van der Waals surface area contributed by atoms with Crippen molar-refractivity contribution in [1.29, 1.82) is 0 Å². The Balaban J connectivity index is 4.02. The van der Waals surface area contributed by atoms with Gasteiger partial charge in [-0.15, -0.1) is 0 Å². The van der Waals surface area contributed by atoms with Crippen molar-refractivity contribution in [3.8, 4) is 0 Å². The third kappa shape index (κ3) is 6.76. The van der Waals surface area contributed by atoms with Gasteiger partial charge in [-0.05, 0) is 13.3 Å². The van der Waals surface area contributed by atoms with Gasteiger partial charge in [-0.3, -0.25) is 14.6 Å². The summed E-state index contributed by atoms with van der Waals surface area (Å²) in [6.45, 7) is 1.55. The minimum absolute atomic E-state index is 0.432. The maximum Gasteiger partial charge on any atom is 0.362 e. The van der Waals surface area contributed by atoms with Crippen LogP contribution in [-0.2, 0) is 9.09 Å². The molecule has 0 radical (unpaired) electrons. The molecule has 4 nitrogen and oxygen atoms in total. The van der Waals surface area contributed by atoms with Crippen LogP contribution in [-0.4, -0.2) is 25.7 Å². The predicted molar refractivity (Wildman–Crippen MR) is 67.1 cm³/mol. The minimum atomic E-state index is -2.79. The second-order valence-electron chi connectivity index (χ2n) is 2.33. The van der Waals surface area contributed by atoms with Crippen LogP contribution in [0.15, 0.2) is 4.99 Å². The zero-order chi connectivity index (χ0) is 10.9. The Morgan fingerprint density at radius 1 is 1.57 bits per heavy atom. The molecule has 0 heterocycles. The Bertz CT molecular complexity index is 214. The first-order valence-corrected chi connectivity index (χ1v) is 8.97. The molecule has 0 saturated carbocycles. The van der Waals surface area contributed by atoms with E-state index in [2.05, 4.69) is 17.0 Å². The van der Waals surface area contributed by atoms with Crippen LogP contribution >= 0.6 is 27.9 Å². The fourth-order valence-electron chi connectivity index (χ4n) is 0.569. The molecule has 0 aliphatic heterocycles. The van der Waals surface area contributed by atoms with Crippen LogP contribution in [0.25, 0.3) is 0 Å². The van der Waals surface area contributed by atoms with Gasteiger partial charge in [0.1, 0.15) is 0 Å². The van der Waals surface area contributed by atoms with Crippen LogP contribution in [0.5, 0.6) is 0 Å². The van der Waals surface area contributed by atoms with Crippen LogP contribution in [0.2, 0.25) is 0 Å². The van der Waals surface area contributed by atoms with Gasteiger partial charge in [0.15, 0.2) is 0 Å². The van der Waals surface area contributed by atoms with E-state index in [1.165, 1.54) is 16.8 Å². The maximum absolute atomic E-state index is 12.0. The summed E-state index contributed by atoms with van der Waals surface area (Å²) >= 11 is 0. The lowest BCUT2D eigenvalue weighted by Gasteiger charge is -2.14. The van der Waals surface area contributed by atoms with Crippen molar-refractivity contribution in [3.05, 3.63) is 0 Å². The lowest BCUT2D eigenvalue weighted by atomic mass is 10.6. The van der Waals surface area contributed by atoms with Crippen LogP contribution in [0.3, 0.4) is 0 Å². The van der Waals surface area contributed by atoms with E-state index in [9.17, 15) is 4.57 Å². The first-order chi connectivity index (χ1) is 6.68. The first kappa shape index (κ1) is 14.4. The summed E-state index contributed by atoms with van der Waals surface area (Å²) in [4.78, 5) is 3.72. The highest BCUT2D eigenvalue weighted by Gasteiger charge is 2.22. The van der Waals surface area contributed by atoms with Gasteiger partial charge < -0.3 is 4.52 Å². The molecule has 0 fully saturated rings. The molecule has 1 unspecified atom stereocenters. The monoisotopic (exact) mass is 256 g/mol. The van der Waals surface area contributed by atoms with Crippen molar-refractivity contribution in [2.24, 2.45) is 4.99 Å². The van der Waals surface area contributed by atoms with E-state index in [1.807, 2.05) is 6.92 Å². The minimum Gasteiger partial charge on any atom is -0.306 e. The molecular formula is C7H17N2O2PS2. The summed E-state index contributed by atoms with van der Waals surface area (Å²) in [5, 5.41) is 2.69. The molecule has 7 heteroatoms. The van der Waals surface area contributed by atoms with Crippen molar-refractivity contribution in [3.63, 3.8) is 0 Å². The van der Waals surface area contributed by atoms with Gasteiger partial charge >= 0.3 is 6.72 Å². The number of hydrogen-bond acceptors (Lipinski definition) is 5. The lowest BCUT2D eigenvalue weighted by Crippen LogP contribution is -2.07. The summed E-state index contributed by atoms with van der Waals surface area (Å²) in [5.74, 6) is 0.965. The third-order valence-electron chi connectivity index (χ3n) is 1.08. The fourth-order valence-corrected chi connectivity index (χ4v) is 6.26. The molecule has 14 heavy (non-hydrogen) atoms. The Hall–Kier alpha value is 0.360. The smallest absolute Gasteiger partial charge is 0.306 e. The highest BCUT2D eigenvalue weighted by Crippen LogP contribution is 2.61. The molecule has 0 spiro atoms. The van der Waals surface area contributed by atoms with Crippen LogP contribution in [0, 0.1) is 0 Å². The first-order valence-electron chi connectivity index (χ1n) is 4.42. The van der Waals surface area contributed by atoms with Gasteiger partial charge in [0, 0.05) is 23.2 Å². The quantitative estimate of drug-likeness (QED) is 0.238. The second-order valence-corrected chi connectivity index (χ2v) is 8.57. The average Bonchev–Trinajstić information content (AvgIpc) is 2.16. The van der Waals surface area contributed by atoms with Gasteiger partial charge in [-0.1, -0.05) is 17.7 Å². The van der Waals surface area contributed by atoms with Crippen LogP contribution < -0.4 is 5.09 Å². The zero-order valence-corrected chi connectivity index (χ0v) is 11.3. The largest absolute Gasteiger partial charge is 0.362 e. The summed E-state index contributed by atoms with van der Waals surface area (Å²) in [7, 11) is 4.43. The average molecular weight is 256 g/mol. The van der Waals surface area contributed by atoms with Crippen LogP contribution in [0.4, 0.5) is 0 Å². The molecule has 0 amide bonds. The summed E-state index contributed by atoms with van der Waals surface area (Å²) < 4.78 is 17.1. The third-order valence-corrected chi connectivity index (χ3v) is 7.74. The molecule has 0 bridgehead atoms. The normalized spacial score (nSPS) is 15.6. The fraction of sp³-hybridized carbons (Fsp3) is 0.857. The van der Waals surface area contributed by atoms with E-state index in [0.29, 0.717) is 6.61 Å². The van der Waals surface area contributed by atoms with E-state index in [-0.39, 0.29) is 0 Å². The molecule has 0 rings (SSSR count). The predicted octanol–water partition coefficient (Wildman–Crippen LogP) is 3.17. The Morgan fingerprint density at radius 2 is 2.29 bits per heavy atom. The van der Waals surface area contributed by atoms with Crippen molar-refractivity contribution in [2.75, 3.05) is 19.4 Å². The topological polar surface area (TPSA) is 50.7 Å². The molecule has 0 aliphatic rings. The Morgan fingerprint density at radius 3 is 2.79 bits per heavy atom. The number of nitrogens with one attached hydrogen (secondary N) is 1. The highest BCUT2D eigenvalue weighted by molar-refractivity contribution is 8.99. The highest BCUT2D eigenvalue weighted by atomic mass is 33.3. The second kappa shape index (κ2) is 8.65. The molecule has 0 aromatic heterocycles. The number of aliphatic imine (C=N–C) groups is 1. The van der Waals surface area contributed by atoms with E-state index in [4.69, 9.17) is 4.52 Å². The van der Waals surface area contributed by atoms with Gasteiger partial charge in [-0.25, -0.2) is 0 Å². The molecule has 0 aliphatic carbocycles. The molecule has 1 atom stereocenters. The summed E-state index contributed by atoms with van der Waals surface area (Å²) in [5.41, 5.74) is 0. The van der Waals surface area contributed by atoms with Crippen molar-refractivity contribution >= 4 is 34.3 Å². The van der Waals surface area contributed by atoms with Crippen molar-refractivity contribution in [2.45, 2.75) is 20.3 Å². The molecule has 1 N–H and O–H groups in total. The molecule has 84 valence electrons. The number of rotatable bonds is 8. The van der Waals surface area contributed by atoms with Gasteiger partial charge in [0.25, 0.3) is 0 Å². The van der Waals surface area contributed by atoms with Crippen molar-refractivity contribution < 1.29 is 9.09 Å². The van der Waals surface area contributed by atoms with E-state index in [1.54, 1.807) is 17.8 Å². The molecule has 0 aromatic rings. The van der Waals surface area contributed by atoms with E-state index < -0.39 is 6.72 Å². The SMILES string of the molecule is CCCSSP(=O)(NC=NC)OCC. The van der Waals surface area contributed by atoms with E-state index >= 15 is 0 Å². The standard InChI is InChI=1S/C7H17N2O2PS2/c1-4-6-13-14-12(10,11-5-2)9-7-8-3/h7H,4-6H2,1-3H3,(H,8,9,10). The van der Waals surface area contributed by atoms with Gasteiger partial charge in [-0.2, -0.15) is 0 Å². The van der Waals surface area contributed by atoms with Gasteiger partial charge in [0.2, 0.25) is 0 Å². The van der Waals surface area contributed by atoms with Crippen molar-refractivity contribution in [1.82, 2.24) is 5.09 Å². The Labute approximate surface area is 93.3 Å². The summed E-state index contributed by atoms with van der Waals surface area (Å²) in [6.07, 6.45) is 2.47. The van der Waals surface area contributed by atoms with Gasteiger partial charge in [0.05, 0.1) is 12.9 Å². The molecule has 0 aromatic carbocycles. The van der Waals surface area contributed by atoms with E-state index in [0.717, 1.165) is 12.2 Å². The molecular weight excluding hydrogens is 239 g/mol.